The molecule has 0 N–H and O–H groups in total. The highest BCUT2D eigenvalue weighted by atomic mass is 127. The maximum atomic E-state index is 13.0. The van der Waals surface area contributed by atoms with Gasteiger partial charge >= 0.3 is 0 Å². The van der Waals surface area contributed by atoms with Crippen molar-refractivity contribution >= 4 is 44.2 Å². The summed E-state index contributed by atoms with van der Waals surface area (Å²) in [7, 11) is 0. The third-order valence-electron chi connectivity index (χ3n) is 1.57. The number of hydrogen-bond acceptors (Lipinski definition) is 2. The Morgan fingerprint density at radius 2 is 2.23 bits per heavy atom. The van der Waals surface area contributed by atoms with E-state index in [-0.39, 0.29) is 9.26 Å². The first kappa shape index (κ1) is 10.8. The Morgan fingerprint density at radius 1 is 1.69 bits per heavy atom. The van der Waals surface area contributed by atoms with Gasteiger partial charge in [0.25, 0.3) is 5.69 Å². The minimum atomic E-state index is -0.579. The van der Waals surface area contributed by atoms with E-state index in [0.29, 0.717) is 10.0 Å². The number of halogens is 3. The van der Waals surface area contributed by atoms with Crippen molar-refractivity contribution in [2.75, 3.05) is 0 Å². The molecule has 70 valence electrons. The van der Waals surface area contributed by atoms with Crippen LogP contribution in [0.4, 0.5) is 10.1 Å². The molecule has 0 aliphatic rings. The Hall–Kier alpha value is -0.240. The van der Waals surface area contributed by atoms with E-state index in [4.69, 9.17) is 0 Å². The van der Waals surface area contributed by atoms with E-state index in [1.54, 1.807) is 29.5 Å². The standard InChI is InChI=1S/C7H4BrFINO2/c1-3-4(8)2-5(9)6(10)7(3)11(12)13/h2H,1H3. The van der Waals surface area contributed by atoms with Gasteiger partial charge in [-0.3, -0.25) is 10.1 Å². The van der Waals surface area contributed by atoms with E-state index in [2.05, 4.69) is 15.9 Å². The molecule has 0 heterocycles. The average molecular weight is 360 g/mol. The predicted molar refractivity (Wildman–Crippen MR) is 58.2 cm³/mol. The summed E-state index contributed by atoms with van der Waals surface area (Å²) in [5.74, 6) is -0.579. The molecule has 1 aromatic carbocycles. The Bertz CT molecular complexity index is 357. The number of nitrogens with zero attached hydrogens (tertiary/aromatic N) is 1. The van der Waals surface area contributed by atoms with Crippen molar-refractivity contribution in [2.45, 2.75) is 6.92 Å². The van der Waals surface area contributed by atoms with Gasteiger partial charge in [-0.15, -0.1) is 0 Å². The summed E-state index contributed by atoms with van der Waals surface area (Å²) in [6.07, 6.45) is 0. The number of hydrogen-bond donors (Lipinski definition) is 0. The van der Waals surface area contributed by atoms with Crippen LogP contribution in [0, 0.1) is 26.4 Å². The lowest BCUT2D eigenvalue weighted by atomic mass is 10.2. The van der Waals surface area contributed by atoms with Gasteiger partial charge in [-0.05, 0) is 35.6 Å². The molecule has 0 spiro atoms. The lowest BCUT2D eigenvalue weighted by Crippen LogP contribution is -1.98. The molecule has 0 aliphatic carbocycles. The van der Waals surface area contributed by atoms with Crippen LogP contribution >= 0.6 is 38.5 Å². The molecule has 1 aromatic rings. The van der Waals surface area contributed by atoms with Gasteiger partial charge in [0.2, 0.25) is 0 Å². The second kappa shape index (κ2) is 3.87. The first-order valence-corrected chi connectivity index (χ1v) is 5.10. The normalized spacial score (nSPS) is 10.2. The van der Waals surface area contributed by atoms with E-state index >= 15 is 0 Å². The molecular weight excluding hydrogens is 356 g/mol. The minimum absolute atomic E-state index is 0.0447. The first-order valence-electron chi connectivity index (χ1n) is 3.23. The lowest BCUT2D eigenvalue weighted by molar-refractivity contribution is -0.386. The summed E-state index contributed by atoms with van der Waals surface area (Å²) in [6.45, 7) is 1.57. The number of nitro groups is 1. The van der Waals surface area contributed by atoms with Crippen molar-refractivity contribution in [3.05, 3.63) is 35.6 Å². The summed E-state index contributed by atoms with van der Waals surface area (Å²) in [5, 5.41) is 10.6. The van der Waals surface area contributed by atoms with Crippen molar-refractivity contribution in [1.82, 2.24) is 0 Å². The van der Waals surface area contributed by atoms with Crippen LogP contribution in [-0.4, -0.2) is 4.92 Å². The molecule has 0 atom stereocenters. The monoisotopic (exact) mass is 359 g/mol. The van der Waals surface area contributed by atoms with Gasteiger partial charge in [0.05, 0.1) is 4.92 Å². The zero-order chi connectivity index (χ0) is 10.2. The van der Waals surface area contributed by atoms with Gasteiger partial charge in [-0.25, -0.2) is 4.39 Å². The summed E-state index contributed by atoms with van der Waals surface area (Å²) < 4.78 is 13.5. The van der Waals surface area contributed by atoms with E-state index in [0.717, 1.165) is 0 Å². The van der Waals surface area contributed by atoms with Crippen LogP contribution in [0.5, 0.6) is 0 Å². The van der Waals surface area contributed by atoms with E-state index in [1.165, 1.54) is 6.07 Å². The fourth-order valence-electron chi connectivity index (χ4n) is 0.891. The molecule has 0 saturated heterocycles. The fourth-order valence-corrected chi connectivity index (χ4v) is 2.04. The molecule has 0 bridgehead atoms. The Balaban J connectivity index is 3.56. The highest BCUT2D eigenvalue weighted by Crippen LogP contribution is 2.32. The van der Waals surface area contributed by atoms with Gasteiger partial charge in [0.1, 0.15) is 9.39 Å². The van der Waals surface area contributed by atoms with Crippen LogP contribution in [0.1, 0.15) is 5.56 Å². The van der Waals surface area contributed by atoms with Crippen molar-refractivity contribution in [1.29, 1.82) is 0 Å². The third kappa shape index (κ3) is 1.98. The number of rotatable bonds is 1. The summed E-state index contributed by atoms with van der Waals surface area (Å²) in [5.41, 5.74) is 0.267. The molecule has 0 fully saturated rings. The predicted octanol–water partition coefficient (Wildman–Crippen LogP) is 3.41. The Kier molecular flexibility index (Phi) is 3.23. The molecule has 0 radical (unpaired) electrons. The number of benzene rings is 1. The second-order valence-corrected chi connectivity index (χ2v) is 4.32. The van der Waals surface area contributed by atoms with E-state index in [9.17, 15) is 14.5 Å². The van der Waals surface area contributed by atoms with Gasteiger partial charge in [-0.2, -0.15) is 0 Å². The number of nitro benzene ring substituents is 1. The molecule has 1 rings (SSSR count). The Labute approximate surface area is 95.7 Å². The highest BCUT2D eigenvalue weighted by Gasteiger charge is 2.21. The van der Waals surface area contributed by atoms with Crippen LogP contribution in [-0.2, 0) is 0 Å². The van der Waals surface area contributed by atoms with E-state index < -0.39 is 10.7 Å². The molecule has 0 saturated carbocycles. The molecule has 0 aromatic heterocycles. The van der Waals surface area contributed by atoms with Gasteiger partial charge in [-0.1, -0.05) is 15.9 Å². The van der Waals surface area contributed by atoms with Crippen molar-refractivity contribution < 1.29 is 9.31 Å². The Morgan fingerprint density at radius 3 is 2.69 bits per heavy atom. The summed E-state index contributed by atoms with van der Waals surface area (Å²) in [4.78, 5) is 9.98. The van der Waals surface area contributed by atoms with Crippen molar-refractivity contribution in [2.24, 2.45) is 0 Å². The minimum Gasteiger partial charge on any atom is -0.258 e. The molecule has 13 heavy (non-hydrogen) atoms. The molecule has 0 amide bonds. The largest absolute Gasteiger partial charge is 0.289 e. The average Bonchev–Trinajstić information content (AvgIpc) is 2.01. The van der Waals surface area contributed by atoms with Crippen LogP contribution in [0.25, 0.3) is 0 Å². The SMILES string of the molecule is Cc1c(Br)cc(F)c(I)c1[N+](=O)[O-]. The zero-order valence-electron chi connectivity index (χ0n) is 6.47. The van der Waals surface area contributed by atoms with Crippen LogP contribution in [0.3, 0.4) is 0 Å². The molecule has 0 unspecified atom stereocenters. The maximum absolute atomic E-state index is 13.0. The fraction of sp³-hybridized carbons (Fsp3) is 0.143. The smallest absolute Gasteiger partial charge is 0.258 e. The summed E-state index contributed by atoms with van der Waals surface area (Å²) in [6, 6.07) is 1.23. The zero-order valence-corrected chi connectivity index (χ0v) is 10.2. The molecule has 3 nitrogen and oxygen atoms in total. The van der Waals surface area contributed by atoms with Crippen LogP contribution < -0.4 is 0 Å². The van der Waals surface area contributed by atoms with E-state index in [1.807, 2.05) is 0 Å². The third-order valence-corrected chi connectivity index (χ3v) is 3.42. The summed E-state index contributed by atoms with van der Waals surface area (Å²) >= 11 is 4.68. The first-order chi connectivity index (χ1) is 5.95. The van der Waals surface area contributed by atoms with Gasteiger partial charge in [0, 0.05) is 10.0 Å². The second-order valence-electron chi connectivity index (χ2n) is 2.38. The lowest BCUT2D eigenvalue weighted by Gasteiger charge is -2.02. The quantitative estimate of drug-likeness (QED) is 0.334. The topological polar surface area (TPSA) is 43.1 Å². The van der Waals surface area contributed by atoms with Crippen LogP contribution in [0.2, 0.25) is 0 Å². The maximum Gasteiger partial charge on any atom is 0.289 e. The van der Waals surface area contributed by atoms with Gasteiger partial charge < -0.3 is 0 Å². The molecule has 6 heteroatoms. The van der Waals surface area contributed by atoms with Gasteiger partial charge in [0.15, 0.2) is 0 Å². The molecule has 0 aliphatic heterocycles. The highest BCUT2D eigenvalue weighted by molar-refractivity contribution is 14.1. The van der Waals surface area contributed by atoms with Crippen molar-refractivity contribution in [3.63, 3.8) is 0 Å². The molecular formula is C7H4BrFINO2. The van der Waals surface area contributed by atoms with Crippen molar-refractivity contribution in [3.8, 4) is 0 Å². The van der Waals surface area contributed by atoms with Crippen LogP contribution in [0.15, 0.2) is 10.5 Å².